The van der Waals surface area contributed by atoms with Crippen molar-refractivity contribution in [3.05, 3.63) is 87.1 Å². The van der Waals surface area contributed by atoms with Gasteiger partial charge in [-0.3, -0.25) is 0 Å². The number of benzene rings is 2. The molecular weight excluding hydrogens is 563 g/mol. The van der Waals surface area contributed by atoms with Crippen LogP contribution in [0.1, 0.15) is 102 Å². The summed E-state index contributed by atoms with van der Waals surface area (Å²) in [4.78, 5) is 12.7. The number of aryl methyl sites for hydroxylation is 1. The number of thiophene rings is 1. The predicted octanol–water partition coefficient (Wildman–Crippen LogP) is 9.98. The summed E-state index contributed by atoms with van der Waals surface area (Å²) in [6.07, 6.45) is 9.15. The van der Waals surface area contributed by atoms with E-state index in [1.165, 1.54) is 35.3 Å². The van der Waals surface area contributed by atoms with Crippen molar-refractivity contribution in [3.8, 4) is 5.75 Å². The number of carboxylic acids is 1. The average Bonchev–Trinajstić information content (AvgIpc) is 3.55. The fourth-order valence-electron chi connectivity index (χ4n) is 5.80. The van der Waals surface area contributed by atoms with E-state index < -0.39 is 10.3 Å². The van der Waals surface area contributed by atoms with Gasteiger partial charge >= 0.3 is 5.97 Å². The van der Waals surface area contributed by atoms with Crippen molar-refractivity contribution in [3.63, 3.8) is 0 Å². The highest BCUT2D eigenvalue weighted by molar-refractivity contribution is 7.13. The second kappa shape index (κ2) is 14.7. The second-order valence-electron chi connectivity index (χ2n) is 10.8. The molecule has 1 aliphatic carbocycles. The molecule has 7 heteroatoms. The highest BCUT2D eigenvalue weighted by Gasteiger charge is 2.46. The van der Waals surface area contributed by atoms with Crippen LogP contribution in [0.2, 0.25) is 0 Å². The molecule has 3 aromatic rings. The van der Waals surface area contributed by atoms with Crippen molar-refractivity contribution in [2.24, 2.45) is 5.92 Å². The Morgan fingerprint density at radius 3 is 2.45 bits per heavy atom. The van der Waals surface area contributed by atoms with E-state index in [2.05, 4.69) is 43.3 Å². The van der Waals surface area contributed by atoms with Crippen molar-refractivity contribution in [1.82, 2.24) is 0 Å². The van der Waals surface area contributed by atoms with Gasteiger partial charge in [-0.05, 0) is 85.4 Å². The van der Waals surface area contributed by atoms with E-state index in [-0.39, 0.29) is 12.0 Å². The lowest BCUT2D eigenvalue weighted by molar-refractivity contribution is 0.0321. The molecule has 4 nitrogen and oxygen atoms in total. The SMILES string of the molecule is CCCCCC(OCc1ccc(OC)cc1)c1ccc([C@@H]2[C@@H](CCCc3ccc(C(=O)O)s3)CCC2(Cl)Cl)cc1. The zero-order valence-corrected chi connectivity index (χ0v) is 25.7. The van der Waals surface area contributed by atoms with Gasteiger partial charge in [0.25, 0.3) is 0 Å². The fourth-order valence-corrected chi connectivity index (χ4v) is 7.51. The van der Waals surface area contributed by atoms with Gasteiger partial charge in [0.2, 0.25) is 0 Å². The molecule has 0 radical (unpaired) electrons. The molecule has 0 amide bonds. The summed E-state index contributed by atoms with van der Waals surface area (Å²) < 4.78 is 10.9. The minimum atomic E-state index is -0.858. The van der Waals surface area contributed by atoms with Crippen LogP contribution in [0.15, 0.2) is 60.7 Å². The van der Waals surface area contributed by atoms with Gasteiger partial charge in [0.1, 0.15) is 15.0 Å². The summed E-state index contributed by atoms with van der Waals surface area (Å²) in [5.41, 5.74) is 3.50. The molecule has 1 fully saturated rings. The number of hydrogen-bond acceptors (Lipinski definition) is 4. The van der Waals surface area contributed by atoms with E-state index in [0.29, 0.717) is 17.4 Å². The van der Waals surface area contributed by atoms with E-state index in [1.54, 1.807) is 13.2 Å². The number of rotatable bonds is 15. The maximum absolute atomic E-state index is 11.2. The van der Waals surface area contributed by atoms with Gasteiger partial charge in [0.15, 0.2) is 0 Å². The lowest BCUT2D eigenvalue weighted by Crippen LogP contribution is -2.21. The summed E-state index contributed by atoms with van der Waals surface area (Å²) in [5.74, 6) is 0.453. The predicted molar refractivity (Wildman–Crippen MR) is 165 cm³/mol. The van der Waals surface area contributed by atoms with Crippen LogP contribution in [0.3, 0.4) is 0 Å². The maximum atomic E-state index is 11.2. The molecule has 1 heterocycles. The summed E-state index contributed by atoms with van der Waals surface area (Å²) in [6.45, 7) is 2.77. The topological polar surface area (TPSA) is 55.8 Å². The van der Waals surface area contributed by atoms with Crippen molar-refractivity contribution in [2.75, 3.05) is 7.11 Å². The Balaban J connectivity index is 1.41. The number of halogens is 2. The molecule has 0 bridgehead atoms. The molecule has 1 unspecified atom stereocenters. The van der Waals surface area contributed by atoms with Crippen molar-refractivity contribution in [1.29, 1.82) is 0 Å². The Morgan fingerprint density at radius 2 is 1.80 bits per heavy atom. The molecular formula is C33H40Cl2O4S. The molecule has 3 atom stereocenters. The second-order valence-corrected chi connectivity index (χ2v) is 13.5. The van der Waals surface area contributed by atoms with E-state index in [0.717, 1.165) is 61.1 Å². The molecule has 1 aliphatic rings. The zero-order chi connectivity index (χ0) is 28.5. The van der Waals surface area contributed by atoms with Gasteiger partial charge in [0, 0.05) is 10.8 Å². The van der Waals surface area contributed by atoms with E-state index in [9.17, 15) is 9.90 Å². The molecule has 0 aliphatic heterocycles. The monoisotopic (exact) mass is 602 g/mol. The van der Waals surface area contributed by atoms with Crippen LogP contribution in [0, 0.1) is 5.92 Å². The quantitative estimate of drug-likeness (QED) is 0.139. The number of unbranched alkanes of at least 4 members (excludes halogenated alkanes) is 2. The number of aromatic carboxylic acids is 1. The van der Waals surface area contributed by atoms with Crippen LogP contribution >= 0.6 is 34.5 Å². The minimum absolute atomic E-state index is 0.0281. The van der Waals surface area contributed by atoms with Gasteiger partial charge < -0.3 is 14.6 Å². The number of carboxylic acid groups (broad SMARTS) is 1. The highest BCUT2D eigenvalue weighted by Crippen LogP contribution is 2.55. The molecule has 1 saturated carbocycles. The van der Waals surface area contributed by atoms with Gasteiger partial charge in [-0.15, -0.1) is 34.5 Å². The highest BCUT2D eigenvalue weighted by atomic mass is 35.5. The Morgan fingerprint density at radius 1 is 1.05 bits per heavy atom. The standard InChI is InChI=1S/C33H40Cl2O4S/c1-3-4-5-9-29(39-22-23-10-16-27(38-2)17-11-23)24-12-14-26(15-13-24)31-25(20-21-33(31,34)35)7-6-8-28-18-19-30(40-28)32(36)37/h10-19,25,29,31H,3-9,20-22H2,1-2H3,(H,36,37)/t25-,29?,31-/m0/s1. The van der Waals surface area contributed by atoms with Crippen LogP contribution in [-0.4, -0.2) is 22.5 Å². The molecule has 1 aromatic heterocycles. The third-order valence-electron chi connectivity index (χ3n) is 7.99. The van der Waals surface area contributed by atoms with Gasteiger partial charge in [-0.25, -0.2) is 4.79 Å². The molecule has 4 rings (SSSR count). The molecule has 1 N–H and O–H groups in total. The largest absolute Gasteiger partial charge is 0.497 e. The van der Waals surface area contributed by atoms with Crippen molar-refractivity contribution < 1.29 is 19.4 Å². The van der Waals surface area contributed by atoms with Gasteiger partial charge in [-0.2, -0.15) is 0 Å². The number of hydrogen-bond donors (Lipinski definition) is 1. The minimum Gasteiger partial charge on any atom is -0.497 e. The molecule has 0 saturated heterocycles. The van der Waals surface area contributed by atoms with Crippen LogP contribution in [-0.2, 0) is 17.8 Å². The van der Waals surface area contributed by atoms with Crippen LogP contribution < -0.4 is 4.74 Å². The molecule has 216 valence electrons. The first-order valence-corrected chi connectivity index (χ1v) is 15.9. The summed E-state index contributed by atoms with van der Waals surface area (Å²) in [5, 5.41) is 9.19. The van der Waals surface area contributed by atoms with E-state index in [1.807, 2.05) is 18.2 Å². The Labute approximate surface area is 252 Å². The first kappa shape index (κ1) is 30.9. The van der Waals surface area contributed by atoms with Crippen LogP contribution in [0.4, 0.5) is 0 Å². The van der Waals surface area contributed by atoms with E-state index >= 15 is 0 Å². The fraction of sp³-hybridized carbons (Fsp3) is 0.485. The van der Waals surface area contributed by atoms with E-state index in [4.69, 9.17) is 32.7 Å². The molecule has 2 aromatic carbocycles. The molecule has 40 heavy (non-hydrogen) atoms. The smallest absolute Gasteiger partial charge is 0.345 e. The van der Waals surface area contributed by atoms with Crippen LogP contribution in [0.25, 0.3) is 0 Å². The summed E-state index contributed by atoms with van der Waals surface area (Å²) >= 11 is 15.1. The number of carbonyl (C=O) groups is 1. The Kier molecular flexibility index (Phi) is 11.4. The van der Waals surface area contributed by atoms with Crippen LogP contribution in [0.5, 0.6) is 5.75 Å². The van der Waals surface area contributed by atoms with Gasteiger partial charge in [-0.1, -0.05) is 62.6 Å². The van der Waals surface area contributed by atoms with Crippen molar-refractivity contribution >= 4 is 40.5 Å². The first-order chi connectivity index (χ1) is 19.3. The van der Waals surface area contributed by atoms with Crippen molar-refractivity contribution in [2.45, 2.75) is 87.7 Å². The lowest BCUT2D eigenvalue weighted by atomic mass is 9.84. The Hall–Kier alpha value is -2.05. The average molecular weight is 604 g/mol. The summed E-state index contributed by atoms with van der Waals surface area (Å²) in [7, 11) is 1.68. The third kappa shape index (κ3) is 8.25. The molecule has 0 spiro atoms. The normalized spacial score (nSPS) is 19.0. The lowest BCUT2D eigenvalue weighted by Gasteiger charge is -2.28. The third-order valence-corrected chi connectivity index (χ3v) is 9.97. The summed E-state index contributed by atoms with van der Waals surface area (Å²) in [6, 6.07) is 20.4. The Bertz CT molecular complexity index is 1210. The number of methoxy groups -OCH3 is 1. The first-order valence-electron chi connectivity index (χ1n) is 14.3. The zero-order valence-electron chi connectivity index (χ0n) is 23.4. The van der Waals surface area contributed by atoms with Gasteiger partial charge in [0.05, 0.1) is 19.8 Å². The number of alkyl halides is 2. The number of ether oxygens (including phenoxy) is 2. The maximum Gasteiger partial charge on any atom is 0.345 e.